The number of nitrogens with zero attached hydrogens (tertiary/aromatic N) is 3. The van der Waals surface area contributed by atoms with E-state index in [2.05, 4.69) is 15.0 Å². The minimum Gasteiger partial charge on any atom is -0.254 e. The van der Waals surface area contributed by atoms with Gasteiger partial charge in [0, 0.05) is 12.1 Å². The molecule has 1 aromatic rings. The molecule has 0 saturated heterocycles. The third-order valence-electron chi connectivity index (χ3n) is 1.55. The van der Waals surface area contributed by atoms with Crippen LogP contribution in [0.15, 0.2) is 11.2 Å². The first-order chi connectivity index (χ1) is 5.25. The topological polar surface area (TPSA) is 38.1 Å². The van der Waals surface area contributed by atoms with Gasteiger partial charge < -0.3 is 0 Å². The van der Waals surface area contributed by atoms with Crippen LogP contribution in [0, 0.1) is 0 Å². The second kappa shape index (κ2) is 2.27. The fourth-order valence-electron chi connectivity index (χ4n) is 1.10. The molecule has 3 nitrogen and oxygen atoms in total. The summed E-state index contributed by atoms with van der Waals surface area (Å²) in [5, 5.41) is 0.300. The maximum Gasteiger partial charge on any atom is 0.222 e. The quantitative estimate of drug-likeness (QED) is 0.553. The predicted molar refractivity (Wildman–Crippen MR) is 43.5 cm³/mol. The summed E-state index contributed by atoms with van der Waals surface area (Å²) in [6.45, 7) is 1.97. The Morgan fingerprint density at radius 2 is 2.36 bits per heavy atom. The van der Waals surface area contributed by atoms with Crippen LogP contribution in [0.4, 0.5) is 5.69 Å². The SMILES string of the molecule is CC1=Nc2cnc(Cl)nc2C1. The Morgan fingerprint density at radius 3 is 3.18 bits per heavy atom. The van der Waals surface area contributed by atoms with Gasteiger partial charge in [-0.15, -0.1) is 0 Å². The van der Waals surface area contributed by atoms with Gasteiger partial charge in [0.2, 0.25) is 5.28 Å². The fourth-order valence-corrected chi connectivity index (χ4v) is 1.25. The Balaban J connectivity index is 2.52. The molecule has 0 unspecified atom stereocenters. The van der Waals surface area contributed by atoms with Gasteiger partial charge in [0.25, 0.3) is 0 Å². The zero-order valence-corrected chi connectivity index (χ0v) is 6.76. The monoisotopic (exact) mass is 167 g/mol. The second-order valence-electron chi connectivity index (χ2n) is 2.49. The van der Waals surface area contributed by atoms with E-state index in [4.69, 9.17) is 11.6 Å². The first kappa shape index (κ1) is 6.73. The van der Waals surface area contributed by atoms with Gasteiger partial charge in [-0.05, 0) is 18.5 Å². The molecule has 0 atom stereocenters. The van der Waals surface area contributed by atoms with Crippen LogP contribution in [0.3, 0.4) is 0 Å². The summed E-state index contributed by atoms with van der Waals surface area (Å²) in [4.78, 5) is 12.1. The van der Waals surface area contributed by atoms with Crippen LogP contribution in [0.25, 0.3) is 0 Å². The van der Waals surface area contributed by atoms with E-state index in [-0.39, 0.29) is 0 Å². The van der Waals surface area contributed by atoms with Crippen LogP contribution < -0.4 is 0 Å². The molecule has 56 valence electrons. The van der Waals surface area contributed by atoms with Gasteiger partial charge >= 0.3 is 0 Å². The summed E-state index contributed by atoms with van der Waals surface area (Å²) in [5.74, 6) is 0. The normalized spacial score (nSPS) is 14.5. The van der Waals surface area contributed by atoms with E-state index < -0.39 is 0 Å². The van der Waals surface area contributed by atoms with Gasteiger partial charge in [-0.2, -0.15) is 0 Å². The smallest absolute Gasteiger partial charge is 0.222 e. The molecule has 1 aliphatic heterocycles. The van der Waals surface area contributed by atoms with Crippen molar-refractivity contribution in [3.8, 4) is 0 Å². The van der Waals surface area contributed by atoms with E-state index in [1.54, 1.807) is 6.20 Å². The minimum atomic E-state index is 0.300. The molecule has 0 aromatic carbocycles. The van der Waals surface area contributed by atoms with Crippen molar-refractivity contribution in [2.75, 3.05) is 0 Å². The summed E-state index contributed by atoms with van der Waals surface area (Å²) < 4.78 is 0. The van der Waals surface area contributed by atoms with E-state index in [1.807, 2.05) is 6.92 Å². The lowest BCUT2D eigenvalue weighted by atomic mass is 10.2. The van der Waals surface area contributed by atoms with E-state index >= 15 is 0 Å². The highest BCUT2D eigenvalue weighted by Gasteiger charge is 2.12. The molecule has 2 rings (SSSR count). The van der Waals surface area contributed by atoms with Crippen molar-refractivity contribution >= 4 is 23.0 Å². The van der Waals surface area contributed by atoms with Crippen LogP contribution in [0.2, 0.25) is 5.28 Å². The van der Waals surface area contributed by atoms with Crippen molar-refractivity contribution < 1.29 is 0 Å². The average molecular weight is 168 g/mol. The predicted octanol–water partition coefficient (Wildman–Crippen LogP) is 1.78. The van der Waals surface area contributed by atoms with Gasteiger partial charge in [-0.25, -0.2) is 9.97 Å². The van der Waals surface area contributed by atoms with Gasteiger partial charge in [0.1, 0.15) is 5.69 Å². The van der Waals surface area contributed by atoms with E-state index in [0.29, 0.717) is 5.28 Å². The molecule has 2 heterocycles. The van der Waals surface area contributed by atoms with Crippen molar-refractivity contribution in [3.05, 3.63) is 17.2 Å². The lowest BCUT2D eigenvalue weighted by molar-refractivity contribution is 1.09. The molecule has 1 aromatic heterocycles. The molecule has 0 radical (unpaired) electrons. The van der Waals surface area contributed by atoms with Crippen LogP contribution in [0.1, 0.15) is 12.6 Å². The molecule has 4 heteroatoms. The molecule has 0 bridgehead atoms. The van der Waals surface area contributed by atoms with Crippen molar-refractivity contribution in [2.24, 2.45) is 4.99 Å². The number of aliphatic imine (C=N–C) groups is 1. The molecule has 0 saturated carbocycles. The molecular weight excluding hydrogens is 162 g/mol. The summed E-state index contributed by atoms with van der Waals surface area (Å²) in [6, 6.07) is 0. The summed E-state index contributed by atoms with van der Waals surface area (Å²) in [5.41, 5.74) is 2.85. The summed E-state index contributed by atoms with van der Waals surface area (Å²) in [6.07, 6.45) is 2.46. The third-order valence-corrected chi connectivity index (χ3v) is 1.73. The van der Waals surface area contributed by atoms with E-state index in [0.717, 1.165) is 23.5 Å². The van der Waals surface area contributed by atoms with Crippen molar-refractivity contribution in [3.63, 3.8) is 0 Å². The summed E-state index contributed by atoms with van der Waals surface area (Å²) >= 11 is 5.60. The number of halogens is 1. The molecule has 1 aliphatic rings. The highest BCUT2D eigenvalue weighted by molar-refractivity contribution is 6.28. The lowest BCUT2D eigenvalue weighted by Crippen LogP contribution is -1.92. The molecular formula is C7H6ClN3. The molecule has 0 aliphatic carbocycles. The third kappa shape index (κ3) is 1.12. The lowest BCUT2D eigenvalue weighted by Gasteiger charge is -1.93. The average Bonchev–Trinajstić information content (AvgIpc) is 2.27. The number of hydrogen-bond acceptors (Lipinski definition) is 3. The molecule has 0 fully saturated rings. The summed E-state index contributed by atoms with van der Waals surface area (Å²) in [7, 11) is 0. The fraction of sp³-hybridized carbons (Fsp3) is 0.286. The Bertz CT molecular complexity index is 332. The van der Waals surface area contributed by atoms with Crippen LogP contribution >= 0.6 is 11.6 Å². The first-order valence-electron chi connectivity index (χ1n) is 3.31. The number of fused-ring (bicyclic) bond motifs is 1. The van der Waals surface area contributed by atoms with E-state index in [1.165, 1.54) is 0 Å². The Kier molecular flexibility index (Phi) is 1.39. The van der Waals surface area contributed by atoms with E-state index in [9.17, 15) is 0 Å². The maximum absolute atomic E-state index is 5.60. The van der Waals surface area contributed by atoms with Crippen LogP contribution in [-0.4, -0.2) is 15.7 Å². The van der Waals surface area contributed by atoms with Gasteiger partial charge in [-0.3, -0.25) is 4.99 Å². The van der Waals surface area contributed by atoms with Crippen molar-refractivity contribution in [2.45, 2.75) is 13.3 Å². The largest absolute Gasteiger partial charge is 0.254 e. The van der Waals surface area contributed by atoms with Gasteiger partial charge in [-0.1, -0.05) is 0 Å². The van der Waals surface area contributed by atoms with Crippen LogP contribution in [0.5, 0.6) is 0 Å². The molecule has 0 N–H and O–H groups in total. The zero-order chi connectivity index (χ0) is 7.84. The number of aromatic nitrogens is 2. The van der Waals surface area contributed by atoms with Gasteiger partial charge in [0.15, 0.2) is 0 Å². The first-order valence-corrected chi connectivity index (χ1v) is 3.69. The Morgan fingerprint density at radius 1 is 1.55 bits per heavy atom. The minimum absolute atomic E-state index is 0.300. The maximum atomic E-state index is 5.60. The molecule has 0 spiro atoms. The second-order valence-corrected chi connectivity index (χ2v) is 2.83. The number of hydrogen-bond donors (Lipinski definition) is 0. The number of rotatable bonds is 0. The molecule has 0 amide bonds. The molecule has 11 heavy (non-hydrogen) atoms. The standard InChI is InChI=1S/C7H6ClN3/c1-4-2-5-6(10-4)3-9-7(8)11-5/h3H,2H2,1H3. The van der Waals surface area contributed by atoms with Gasteiger partial charge in [0.05, 0.1) is 11.9 Å². The zero-order valence-electron chi connectivity index (χ0n) is 6.00. The Labute approximate surface area is 69.2 Å². The highest BCUT2D eigenvalue weighted by Crippen LogP contribution is 2.24. The van der Waals surface area contributed by atoms with Crippen molar-refractivity contribution in [1.29, 1.82) is 0 Å². The van der Waals surface area contributed by atoms with Crippen LogP contribution in [-0.2, 0) is 6.42 Å². The highest BCUT2D eigenvalue weighted by atomic mass is 35.5. The van der Waals surface area contributed by atoms with Crippen molar-refractivity contribution in [1.82, 2.24) is 9.97 Å². The Hall–Kier alpha value is -0.960.